The molecule has 122 valence electrons. The summed E-state index contributed by atoms with van der Waals surface area (Å²) in [6.07, 6.45) is 1.82. The first-order chi connectivity index (χ1) is 11.6. The molecule has 1 fully saturated rings. The monoisotopic (exact) mass is 321 g/mol. The number of hydrogen-bond acceptors (Lipinski definition) is 2. The number of rotatable bonds is 5. The molecule has 0 heterocycles. The van der Waals surface area contributed by atoms with Gasteiger partial charge in [-0.3, -0.25) is 4.79 Å². The molecule has 0 saturated heterocycles. The molecule has 24 heavy (non-hydrogen) atoms. The number of hydrogen-bond donors (Lipinski definition) is 2. The predicted octanol–water partition coefficient (Wildman–Crippen LogP) is 2.77. The van der Waals surface area contributed by atoms with Gasteiger partial charge in [-0.25, -0.2) is 4.79 Å². The second-order valence-electron chi connectivity index (χ2n) is 6.65. The molecule has 3 unspecified atom stereocenters. The second kappa shape index (κ2) is 5.78. The number of aromatic carboxylic acids is 1. The molecule has 0 bridgehead atoms. The van der Waals surface area contributed by atoms with Crippen LogP contribution in [0.4, 0.5) is 0 Å². The van der Waals surface area contributed by atoms with Crippen molar-refractivity contribution in [2.45, 2.75) is 31.2 Å². The lowest BCUT2D eigenvalue weighted by atomic mass is 10.0. The zero-order valence-corrected chi connectivity index (χ0v) is 13.2. The van der Waals surface area contributed by atoms with Crippen LogP contribution < -0.4 is 5.32 Å². The fourth-order valence-corrected chi connectivity index (χ4v) is 4.00. The zero-order valence-electron chi connectivity index (χ0n) is 13.2. The van der Waals surface area contributed by atoms with Crippen LogP contribution in [0.2, 0.25) is 0 Å². The minimum absolute atomic E-state index is 0.00655. The van der Waals surface area contributed by atoms with Crippen LogP contribution in [0, 0.1) is 5.92 Å². The van der Waals surface area contributed by atoms with Crippen LogP contribution in [0.3, 0.4) is 0 Å². The smallest absolute Gasteiger partial charge is 0.335 e. The van der Waals surface area contributed by atoms with E-state index >= 15 is 0 Å². The van der Waals surface area contributed by atoms with Gasteiger partial charge in [-0.2, -0.15) is 0 Å². The van der Waals surface area contributed by atoms with Crippen molar-refractivity contribution in [1.82, 2.24) is 5.32 Å². The van der Waals surface area contributed by atoms with Crippen molar-refractivity contribution in [1.29, 1.82) is 0 Å². The second-order valence-corrected chi connectivity index (χ2v) is 6.65. The number of carboxylic acids is 1. The molecule has 3 atom stereocenters. The van der Waals surface area contributed by atoms with Gasteiger partial charge in [-0.1, -0.05) is 42.5 Å². The molecule has 2 aliphatic rings. The van der Waals surface area contributed by atoms with E-state index < -0.39 is 5.97 Å². The largest absolute Gasteiger partial charge is 0.478 e. The van der Waals surface area contributed by atoms with Gasteiger partial charge >= 0.3 is 5.97 Å². The molecule has 4 heteroatoms. The van der Waals surface area contributed by atoms with Gasteiger partial charge in [0.2, 0.25) is 5.91 Å². The Kier molecular flexibility index (Phi) is 3.60. The Bertz CT molecular complexity index is 814. The molecule has 0 aromatic heterocycles. The Balaban J connectivity index is 1.34. The summed E-state index contributed by atoms with van der Waals surface area (Å²) in [5, 5.41) is 12.3. The Morgan fingerprint density at radius 3 is 2.67 bits per heavy atom. The number of carbonyl (C=O) groups is 2. The van der Waals surface area contributed by atoms with Crippen molar-refractivity contribution < 1.29 is 14.7 Å². The summed E-state index contributed by atoms with van der Waals surface area (Å²) in [5.74, 6) is 0.0699. The maximum atomic E-state index is 12.2. The van der Waals surface area contributed by atoms with E-state index in [1.807, 2.05) is 6.07 Å². The third kappa shape index (κ3) is 2.58. The maximum Gasteiger partial charge on any atom is 0.335 e. The number of aryl methyl sites for hydroxylation is 1. The highest BCUT2D eigenvalue weighted by molar-refractivity contribution is 5.89. The van der Waals surface area contributed by atoms with E-state index in [1.165, 1.54) is 11.1 Å². The molecular formula is C20H19NO3. The fraction of sp³-hybridized carbons (Fsp3) is 0.300. The van der Waals surface area contributed by atoms with Gasteiger partial charge in [0, 0.05) is 18.4 Å². The molecule has 4 rings (SSSR count). The van der Waals surface area contributed by atoms with Crippen LogP contribution in [0.15, 0.2) is 48.5 Å². The summed E-state index contributed by atoms with van der Waals surface area (Å²) in [7, 11) is 0. The summed E-state index contributed by atoms with van der Waals surface area (Å²) in [6, 6.07) is 15.6. The van der Waals surface area contributed by atoms with E-state index in [9.17, 15) is 14.7 Å². The molecule has 0 spiro atoms. The van der Waals surface area contributed by atoms with Gasteiger partial charge < -0.3 is 10.4 Å². The molecule has 2 aromatic rings. The van der Waals surface area contributed by atoms with Gasteiger partial charge in [0.15, 0.2) is 0 Å². The van der Waals surface area contributed by atoms with E-state index in [4.69, 9.17) is 0 Å². The Morgan fingerprint density at radius 2 is 1.83 bits per heavy atom. The van der Waals surface area contributed by atoms with Gasteiger partial charge in [-0.15, -0.1) is 0 Å². The summed E-state index contributed by atoms with van der Waals surface area (Å²) in [6.45, 7) is 0. The molecule has 1 amide bonds. The molecule has 2 aromatic carbocycles. The molecule has 4 nitrogen and oxygen atoms in total. The van der Waals surface area contributed by atoms with Crippen LogP contribution in [-0.2, 0) is 17.6 Å². The summed E-state index contributed by atoms with van der Waals surface area (Å²) >= 11 is 0. The zero-order chi connectivity index (χ0) is 16.7. The molecule has 2 aliphatic carbocycles. The van der Waals surface area contributed by atoms with Crippen molar-refractivity contribution in [2.75, 3.05) is 0 Å². The third-order valence-corrected chi connectivity index (χ3v) is 5.24. The van der Waals surface area contributed by atoms with Crippen LogP contribution in [-0.4, -0.2) is 23.0 Å². The van der Waals surface area contributed by atoms with Crippen molar-refractivity contribution in [3.63, 3.8) is 0 Å². The first-order valence-corrected chi connectivity index (χ1v) is 8.33. The minimum atomic E-state index is -0.945. The number of nitrogens with one attached hydrogen (secondary N) is 1. The average Bonchev–Trinajstić information content (AvgIpc) is 3.09. The summed E-state index contributed by atoms with van der Waals surface area (Å²) < 4.78 is 0. The van der Waals surface area contributed by atoms with E-state index in [1.54, 1.807) is 18.2 Å². The fourth-order valence-electron chi connectivity index (χ4n) is 4.00. The van der Waals surface area contributed by atoms with Crippen molar-refractivity contribution >= 4 is 11.9 Å². The summed E-state index contributed by atoms with van der Waals surface area (Å²) in [5.41, 5.74) is 3.78. The predicted molar refractivity (Wildman–Crippen MR) is 90.0 cm³/mol. The number of amides is 1. The van der Waals surface area contributed by atoms with Crippen molar-refractivity contribution in [3.8, 4) is 0 Å². The number of fused-ring (bicyclic) bond motifs is 3. The molecular weight excluding hydrogens is 302 g/mol. The highest BCUT2D eigenvalue weighted by Crippen LogP contribution is 2.56. The Morgan fingerprint density at radius 1 is 1.08 bits per heavy atom. The van der Waals surface area contributed by atoms with E-state index in [0.717, 1.165) is 6.42 Å². The van der Waals surface area contributed by atoms with Crippen molar-refractivity contribution in [2.24, 2.45) is 5.92 Å². The number of carboxylic acid groups (broad SMARTS) is 1. The van der Waals surface area contributed by atoms with Crippen LogP contribution >= 0.6 is 0 Å². The summed E-state index contributed by atoms with van der Waals surface area (Å²) in [4.78, 5) is 23.4. The van der Waals surface area contributed by atoms with Crippen LogP contribution in [0.5, 0.6) is 0 Å². The average molecular weight is 321 g/mol. The topological polar surface area (TPSA) is 66.4 Å². The molecule has 0 aliphatic heterocycles. The first kappa shape index (κ1) is 14.9. The minimum Gasteiger partial charge on any atom is -0.478 e. The lowest BCUT2D eigenvalue weighted by molar-refractivity contribution is -0.121. The quantitative estimate of drug-likeness (QED) is 0.890. The van der Waals surface area contributed by atoms with Crippen molar-refractivity contribution in [3.05, 3.63) is 70.8 Å². The molecule has 1 saturated carbocycles. The Hall–Kier alpha value is -2.62. The highest BCUT2D eigenvalue weighted by Gasteiger charge is 2.56. The van der Waals surface area contributed by atoms with Gasteiger partial charge in [0.05, 0.1) is 5.56 Å². The Labute approximate surface area is 140 Å². The van der Waals surface area contributed by atoms with Gasteiger partial charge in [-0.05, 0) is 41.5 Å². The number of carbonyl (C=O) groups excluding carboxylic acids is 1. The molecule has 2 N–H and O–H groups in total. The third-order valence-electron chi connectivity index (χ3n) is 5.24. The van der Waals surface area contributed by atoms with Crippen LogP contribution in [0.1, 0.15) is 39.4 Å². The van der Waals surface area contributed by atoms with Gasteiger partial charge in [0.25, 0.3) is 0 Å². The standard InChI is InChI=1S/C20H19NO3/c22-17(10-9-12-5-1-4-8-15(12)20(23)24)21-19-16-11-13-6-2-3-7-14(13)18(16)19/h1-8,16,18-19H,9-11H2,(H,21,22)(H,23,24). The van der Waals surface area contributed by atoms with E-state index in [0.29, 0.717) is 30.2 Å². The van der Waals surface area contributed by atoms with E-state index in [2.05, 4.69) is 29.6 Å². The normalized spacial score (nSPS) is 23.2. The highest BCUT2D eigenvalue weighted by atomic mass is 16.4. The van der Waals surface area contributed by atoms with Gasteiger partial charge in [0.1, 0.15) is 0 Å². The number of benzene rings is 2. The SMILES string of the molecule is O=C(CCc1ccccc1C(=O)O)NC1C2Cc3ccccc3C21. The first-order valence-electron chi connectivity index (χ1n) is 8.33. The lowest BCUT2D eigenvalue weighted by Crippen LogP contribution is -2.29. The molecule has 0 radical (unpaired) electrons. The van der Waals surface area contributed by atoms with Crippen LogP contribution in [0.25, 0.3) is 0 Å². The maximum absolute atomic E-state index is 12.2. The lowest BCUT2D eigenvalue weighted by Gasteiger charge is -2.10. The van der Waals surface area contributed by atoms with E-state index in [-0.39, 0.29) is 17.5 Å².